The summed E-state index contributed by atoms with van der Waals surface area (Å²) >= 11 is 1.49. The van der Waals surface area contributed by atoms with Crippen molar-refractivity contribution in [3.05, 3.63) is 54.1 Å². The van der Waals surface area contributed by atoms with E-state index in [-0.39, 0.29) is 5.75 Å². The molecule has 0 atom stereocenters. The molecule has 23 heavy (non-hydrogen) atoms. The van der Waals surface area contributed by atoms with Crippen LogP contribution in [0.3, 0.4) is 0 Å². The Morgan fingerprint density at radius 1 is 1.22 bits per heavy atom. The normalized spacial score (nSPS) is 11.9. The average Bonchev–Trinajstić information content (AvgIpc) is 2.95. The number of para-hydroxylation sites is 1. The number of nitrogens with one attached hydrogen (secondary N) is 1. The summed E-state index contributed by atoms with van der Waals surface area (Å²) in [6, 6.07) is 14.2. The Labute approximate surface area is 135 Å². The third-order valence-corrected chi connectivity index (χ3v) is 4.03. The lowest BCUT2D eigenvalue weighted by atomic mass is 10.1. The first-order valence-corrected chi connectivity index (χ1v) is 7.64. The lowest BCUT2D eigenvalue weighted by Gasteiger charge is -2.06. The van der Waals surface area contributed by atoms with Gasteiger partial charge in [-0.15, -0.1) is 0 Å². The van der Waals surface area contributed by atoms with E-state index < -0.39 is 6.61 Å². The number of fused-ring (bicyclic) bond motifs is 1. The summed E-state index contributed by atoms with van der Waals surface area (Å²) in [5.74, 6) is 0.104. The molecule has 0 amide bonds. The van der Waals surface area contributed by atoms with Crippen LogP contribution in [0.5, 0.6) is 5.75 Å². The molecule has 0 fully saturated rings. The standard InChI is InChI=1S/C16H13F2N3OS/c1-10(11-5-4-6-12(9-11)22-15(17)18)20-21-16-19-13-7-2-3-8-14(13)23-16/h2-9,15H,1H3,(H,19,21)/b20-10-. The monoisotopic (exact) mass is 333 g/mol. The van der Waals surface area contributed by atoms with Crippen molar-refractivity contribution in [2.24, 2.45) is 5.10 Å². The molecule has 7 heteroatoms. The van der Waals surface area contributed by atoms with Gasteiger partial charge in [-0.25, -0.2) is 4.98 Å². The molecule has 0 unspecified atom stereocenters. The van der Waals surface area contributed by atoms with Crippen molar-refractivity contribution >= 4 is 32.4 Å². The Kier molecular flexibility index (Phi) is 4.47. The molecule has 1 aromatic heterocycles. The van der Waals surface area contributed by atoms with Gasteiger partial charge in [0.15, 0.2) is 0 Å². The van der Waals surface area contributed by atoms with E-state index in [4.69, 9.17) is 0 Å². The number of alkyl halides is 2. The van der Waals surface area contributed by atoms with Gasteiger partial charge in [-0.05, 0) is 31.2 Å². The van der Waals surface area contributed by atoms with Crippen molar-refractivity contribution in [3.63, 3.8) is 0 Å². The van der Waals surface area contributed by atoms with Crippen LogP contribution in [0.2, 0.25) is 0 Å². The smallest absolute Gasteiger partial charge is 0.387 e. The molecule has 0 saturated heterocycles. The highest BCUT2D eigenvalue weighted by Gasteiger charge is 2.06. The maximum atomic E-state index is 12.3. The van der Waals surface area contributed by atoms with E-state index in [1.165, 1.54) is 23.5 Å². The number of hydrogen-bond donors (Lipinski definition) is 1. The Hall–Kier alpha value is -2.54. The van der Waals surface area contributed by atoms with Gasteiger partial charge in [0.1, 0.15) is 5.75 Å². The van der Waals surface area contributed by atoms with Crippen molar-refractivity contribution < 1.29 is 13.5 Å². The molecule has 3 aromatic rings. The molecule has 1 N–H and O–H groups in total. The van der Waals surface area contributed by atoms with Gasteiger partial charge in [-0.2, -0.15) is 13.9 Å². The fraction of sp³-hybridized carbons (Fsp3) is 0.125. The van der Waals surface area contributed by atoms with Crippen LogP contribution in [0.25, 0.3) is 10.2 Å². The van der Waals surface area contributed by atoms with Crippen LogP contribution in [-0.4, -0.2) is 17.3 Å². The minimum atomic E-state index is -2.84. The summed E-state index contributed by atoms with van der Waals surface area (Å²) < 4.78 is 30.0. The van der Waals surface area contributed by atoms with Crippen molar-refractivity contribution in [1.82, 2.24) is 4.98 Å². The molecule has 0 bridgehead atoms. The van der Waals surface area contributed by atoms with E-state index >= 15 is 0 Å². The second-order valence-corrected chi connectivity index (χ2v) is 5.73. The van der Waals surface area contributed by atoms with E-state index in [0.717, 1.165) is 10.2 Å². The summed E-state index contributed by atoms with van der Waals surface area (Å²) in [4.78, 5) is 4.41. The number of thiazole rings is 1. The Morgan fingerprint density at radius 2 is 2.04 bits per heavy atom. The highest BCUT2D eigenvalue weighted by molar-refractivity contribution is 7.22. The zero-order valence-electron chi connectivity index (χ0n) is 12.2. The molecule has 0 spiro atoms. The van der Waals surface area contributed by atoms with Crippen molar-refractivity contribution in [2.75, 3.05) is 5.43 Å². The quantitative estimate of drug-likeness (QED) is 0.542. The van der Waals surface area contributed by atoms with Crippen LogP contribution in [0.4, 0.5) is 13.9 Å². The predicted octanol–water partition coefficient (Wildman–Crippen LogP) is 4.73. The molecule has 1 heterocycles. The number of benzene rings is 2. The summed E-state index contributed by atoms with van der Waals surface area (Å²) in [5, 5.41) is 4.92. The molecule has 4 nitrogen and oxygen atoms in total. The van der Waals surface area contributed by atoms with E-state index in [0.29, 0.717) is 16.4 Å². The summed E-state index contributed by atoms with van der Waals surface area (Å²) in [7, 11) is 0. The van der Waals surface area contributed by atoms with Gasteiger partial charge in [0, 0.05) is 5.56 Å². The molecule has 0 aliphatic rings. The SMILES string of the molecule is C/C(=N/Nc1nc2ccccc2s1)c1cccc(OC(F)F)c1. The number of ether oxygens (including phenoxy) is 1. The van der Waals surface area contributed by atoms with Gasteiger partial charge in [0.05, 0.1) is 15.9 Å². The van der Waals surface area contributed by atoms with Crippen molar-refractivity contribution in [2.45, 2.75) is 13.5 Å². The first kappa shape index (κ1) is 15.4. The number of hydrogen-bond acceptors (Lipinski definition) is 5. The maximum Gasteiger partial charge on any atom is 0.387 e. The minimum Gasteiger partial charge on any atom is -0.435 e. The second kappa shape index (κ2) is 6.70. The predicted molar refractivity (Wildman–Crippen MR) is 88.5 cm³/mol. The van der Waals surface area contributed by atoms with Crippen molar-refractivity contribution in [3.8, 4) is 5.75 Å². The summed E-state index contributed by atoms with van der Waals surface area (Å²) in [6.45, 7) is -1.06. The molecule has 0 saturated carbocycles. The average molecular weight is 333 g/mol. The van der Waals surface area contributed by atoms with E-state index in [9.17, 15) is 8.78 Å². The summed E-state index contributed by atoms with van der Waals surface area (Å²) in [5.41, 5.74) is 5.14. The van der Waals surface area contributed by atoms with Gasteiger partial charge in [-0.3, -0.25) is 5.43 Å². The van der Waals surface area contributed by atoms with Crippen molar-refractivity contribution in [1.29, 1.82) is 0 Å². The number of anilines is 1. The lowest BCUT2D eigenvalue weighted by Crippen LogP contribution is -2.04. The number of hydrazone groups is 1. The van der Waals surface area contributed by atoms with Gasteiger partial charge in [0.2, 0.25) is 5.13 Å². The second-order valence-electron chi connectivity index (χ2n) is 4.70. The number of aromatic nitrogens is 1. The van der Waals surface area contributed by atoms with Crippen LogP contribution in [0.15, 0.2) is 53.6 Å². The fourth-order valence-electron chi connectivity index (χ4n) is 2.01. The van der Waals surface area contributed by atoms with Gasteiger partial charge < -0.3 is 4.74 Å². The Balaban J connectivity index is 1.76. The third-order valence-electron chi connectivity index (χ3n) is 3.09. The molecular weight excluding hydrogens is 320 g/mol. The van der Waals surface area contributed by atoms with Crippen LogP contribution in [0, 0.1) is 0 Å². The van der Waals surface area contributed by atoms with Gasteiger partial charge in [0.25, 0.3) is 0 Å². The van der Waals surface area contributed by atoms with E-state index in [2.05, 4.69) is 20.2 Å². The molecular formula is C16H13F2N3OS. The van der Waals surface area contributed by atoms with Crippen LogP contribution >= 0.6 is 11.3 Å². The molecule has 118 valence electrons. The first-order chi connectivity index (χ1) is 11.1. The van der Waals surface area contributed by atoms with Crippen LogP contribution in [-0.2, 0) is 0 Å². The maximum absolute atomic E-state index is 12.3. The van der Waals surface area contributed by atoms with Gasteiger partial charge in [-0.1, -0.05) is 35.6 Å². The van der Waals surface area contributed by atoms with Gasteiger partial charge >= 0.3 is 6.61 Å². The highest BCUT2D eigenvalue weighted by atomic mass is 32.1. The molecule has 3 rings (SSSR count). The van der Waals surface area contributed by atoms with E-state index in [1.807, 2.05) is 24.3 Å². The first-order valence-electron chi connectivity index (χ1n) is 6.83. The molecule has 0 aliphatic heterocycles. The third kappa shape index (κ3) is 3.81. The Bertz CT molecular complexity index is 815. The highest BCUT2D eigenvalue weighted by Crippen LogP contribution is 2.25. The van der Waals surface area contributed by atoms with E-state index in [1.54, 1.807) is 19.1 Å². The summed E-state index contributed by atoms with van der Waals surface area (Å²) in [6.07, 6.45) is 0. The number of nitrogens with zero attached hydrogens (tertiary/aromatic N) is 2. The number of halogens is 2. The Morgan fingerprint density at radius 3 is 2.83 bits per heavy atom. The van der Waals surface area contributed by atoms with Crippen LogP contribution < -0.4 is 10.2 Å². The van der Waals surface area contributed by atoms with Crippen LogP contribution in [0.1, 0.15) is 12.5 Å². The zero-order valence-corrected chi connectivity index (χ0v) is 13.0. The largest absolute Gasteiger partial charge is 0.435 e. The molecule has 0 aliphatic carbocycles. The zero-order chi connectivity index (χ0) is 16.2. The molecule has 0 radical (unpaired) electrons. The lowest BCUT2D eigenvalue weighted by molar-refractivity contribution is -0.0498. The number of rotatable bonds is 5. The minimum absolute atomic E-state index is 0.104. The fourth-order valence-corrected chi connectivity index (χ4v) is 2.82. The molecule has 2 aromatic carbocycles. The topological polar surface area (TPSA) is 46.5 Å².